The van der Waals surface area contributed by atoms with Gasteiger partial charge in [0.1, 0.15) is 25.0 Å². The zero-order chi connectivity index (χ0) is 19.1. The lowest BCUT2D eigenvalue weighted by Gasteiger charge is -2.26. The maximum Gasteiger partial charge on any atom is 0.196 e. The number of rotatable bonds is 5. The minimum atomic E-state index is -0.559. The number of nitrogens with zero attached hydrogens (tertiary/aromatic N) is 1. The number of ether oxygens (including phenoxy) is 1. The molecule has 0 radical (unpaired) electrons. The Balaban J connectivity index is 0.00000261. The Morgan fingerprint density at radius 1 is 1.11 bits per heavy atom. The van der Waals surface area contributed by atoms with Gasteiger partial charge in [-0.25, -0.2) is 0 Å². The molecule has 0 saturated carbocycles. The molecule has 1 N–H and O–H groups in total. The highest BCUT2D eigenvalue weighted by atomic mass is 35.5. The summed E-state index contributed by atoms with van der Waals surface area (Å²) in [6, 6.07) is 9.54. The number of quaternary nitrogens is 1. The second kappa shape index (κ2) is 8.15. The highest BCUT2D eigenvalue weighted by Crippen LogP contribution is 2.33. The molecule has 0 bridgehead atoms. The summed E-state index contributed by atoms with van der Waals surface area (Å²) in [6.45, 7) is 4.85. The predicted octanol–water partition coefficient (Wildman–Crippen LogP) is 3.90. The average molecular weight is 409 g/mol. The topological polar surface area (TPSA) is 46.5 Å². The van der Waals surface area contributed by atoms with Crippen molar-refractivity contribution in [2.24, 2.45) is 0 Å². The third kappa shape index (κ3) is 4.61. The fourth-order valence-electron chi connectivity index (χ4n) is 3.18. The molecule has 0 spiro atoms. The molecule has 1 aromatic heterocycles. The molecule has 3 rings (SSSR count). The van der Waals surface area contributed by atoms with Crippen molar-refractivity contribution in [1.82, 2.24) is 0 Å². The van der Waals surface area contributed by atoms with Gasteiger partial charge in [-0.2, -0.15) is 0 Å². The molecule has 1 heterocycles. The van der Waals surface area contributed by atoms with E-state index < -0.39 is 6.10 Å². The van der Waals surface area contributed by atoms with Gasteiger partial charge in [0.15, 0.2) is 5.43 Å². The van der Waals surface area contributed by atoms with Crippen molar-refractivity contribution >= 4 is 43.9 Å². The molecule has 0 fully saturated rings. The summed E-state index contributed by atoms with van der Waals surface area (Å²) < 4.78 is 8.58. The highest BCUT2D eigenvalue weighted by molar-refractivity contribution is 7.24. The van der Waals surface area contributed by atoms with Gasteiger partial charge in [0.2, 0.25) is 0 Å². The molecular formula is C21H27ClNO3S+. The molecule has 0 saturated heterocycles. The Morgan fingerprint density at radius 2 is 1.78 bits per heavy atom. The number of aryl methyl sites for hydroxylation is 1. The van der Waals surface area contributed by atoms with Gasteiger partial charge in [0.05, 0.1) is 21.1 Å². The maximum atomic E-state index is 12.9. The fraction of sp³-hybridized carbons (Fsp3) is 0.381. The van der Waals surface area contributed by atoms with Crippen LogP contribution in [-0.4, -0.2) is 50.0 Å². The maximum absolute atomic E-state index is 12.9. The normalized spacial score (nSPS) is 12.8. The monoisotopic (exact) mass is 408 g/mol. The molecule has 0 aliphatic heterocycles. The first-order valence-corrected chi connectivity index (χ1v) is 9.56. The van der Waals surface area contributed by atoms with Crippen molar-refractivity contribution in [3.63, 3.8) is 0 Å². The van der Waals surface area contributed by atoms with Gasteiger partial charge >= 0.3 is 0 Å². The molecule has 1 atom stereocenters. The Labute approximate surface area is 170 Å². The highest BCUT2D eigenvalue weighted by Gasteiger charge is 2.18. The van der Waals surface area contributed by atoms with Crippen molar-refractivity contribution in [3.8, 4) is 5.75 Å². The van der Waals surface area contributed by atoms with Crippen LogP contribution in [0.15, 0.2) is 35.1 Å². The zero-order valence-corrected chi connectivity index (χ0v) is 18.0. The van der Waals surface area contributed by atoms with Crippen LogP contribution in [0.5, 0.6) is 5.75 Å². The number of aliphatic hydroxyl groups excluding tert-OH is 1. The second-order valence-electron chi connectivity index (χ2n) is 7.87. The van der Waals surface area contributed by atoms with Crippen molar-refractivity contribution in [2.45, 2.75) is 20.0 Å². The summed E-state index contributed by atoms with van der Waals surface area (Å²) in [5.74, 6) is 0.676. The largest absolute Gasteiger partial charge is 0.490 e. The van der Waals surface area contributed by atoms with E-state index in [1.165, 1.54) is 0 Å². The van der Waals surface area contributed by atoms with Crippen LogP contribution in [0.4, 0.5) is 0 Å². The van der Waals surface area contributed by atoms with E-state index in [1.54, 1.807) is 11.3 Å². The quantitative estimate of drug-likeness (QED) is 0.514. The lowest BCUT2D eigenvalue weighted by Crippen LogP contribution is -2.43. The number of halogens is 1. The Hall–Kier alpha value is -1.66. The molecule has 6 heteroatoms. The SMILES string of the molecule is Cc1c(OCC(O)C[N+](C)(C)C)cc2c(=O)c3ccccc3sc2c1C.Cl. The molecule has 4 nitrogen and oxygen atoms in total. The van der Waals surface area contributed by atoms with Crippen LogP contribution in [0.3, 0.4) is 0 Å². The molecule has 0 aliphatic rings. The van der Waals surface area contributed by atoms with Crippen LogP contribution in [0.25, 0.3) is 20.2 Å². The van der Waals surface area contributed by atoms with Gasteiger partial charge < -0.3 is 14.3 Å². The Bertz CT molecular complexity index is 1020. The van der Waals surface area contributed by atoms with Gasteiger partial charge in [-0.1, -0.05) is 12.1 Å². The molecule has 0 aliphatic carbocycles. The molecule has 146 valence electrons. The first-order valence-electron chi connectivity index (χ1n) is 8.74. The Morgan fingerprint density at radius 3 is 2.44 bits per heavy atom. The second-order valence-corrected chi connectivity index (χ2v) is 8.92. The van der Waals surface area contributed by atoms with Crippen LogP contribution in [0.1, 0.15) is 11.1 Å². The first-order chi connectivity index (χ1) is 12.2. The van der Waals surface area contributed by atoms with Gasteiger partial charge in [-0.3, -0.25) is 4.79 Å². The van der Waals surface area contributed by atoms with Crippen molar-refractivity contribution in [1.29, 1.82) is 0 Å². The number of hydrogen-bond donors (Lipinski definition) is 1. The minimum Gasteiger partial charge on any atom is -0.490 e. The van der Waals surface area contributed by atoms with Gasteiger partial charge in [0, 0.05) is 20.2 Å². The lowest BCUT2D eigenvalue weighted by molar-refractivity contribution is -0.873. The van der Waals surface area contributed by atoms with Gasteiger partial charge in [-0.05, 0) is 43.2 Å². The summed E-state index contributed by atoms with van der Waals surface area (Å²) >= 11 is 1.64. The molecule has 0 amide bonds. The lowest BCUT2D eigenvalue weighted by atomic mass is 10.1. The van der Waals surface area contributed by atoms with Gasteiger partial charge in [-0.15, -0.1) is 23.7 Å². The molecule has 3 aromatic rings. The predicted molar refractivity (Wildman–Crippen MR) is 117 cm³/mol. The number of aliphatic hydroxyl groups is 1. The number of benzene rings is 2. The molecule has 27 heavy (non-hydrogen) atoms. The van der Waals surface area contributed by atoms with Gasteiger partial charge in [0.25, 0.3) is 0 Å². The zero-order valence-electron chi connectivity index (χ0n) is 16.4. The van der Waals surface area contributed by atoms with E-state index in [0.29, 0.717) is 22.2 Å². The van der Waals surface area contributed by atoms with E-state index in [-0.39, 0.29) is 24.4 Å². The van der Waals surface area contributed by atoms with Crippen LogP contribution >= 0.6 is 23.7 Å². The van der Waals surface area contributed by atoms with E-state index in [4.69, 9.17) is 4.74 Å². The summed E-state index contributed by atoms with van der Waals surface area (Å²) in [7, 11) is 6.10. The van der Waals surface area contributed by atoms with Crippen LogP contribution in [0.2, 0.25) is 0 Å². The Kier molecular flexibility index (Phi) is 6.53. The minimum absolute atomic E-state index is 0. The van der Waals surface area contributed by atoms with Crippen LogP contribution in [0, 0.1) is 13.8 Å². The number of hydrogen-bond acceptors (Lipinski definition) is 4. The van der Waals surface area contributed by atoms with E-state index in [0.717, 1.165) is 25.9 Å². The smallest absolute Gasteiger partial charge is 0.196 e. The average Bonchev–Trinajstić information content (AvgIpc) is 2.56. The number of likely N-dealkylation sites (N-methyl/N-ethyl adjacent to an activating group) is 1. The third-order valence-corrected chi connectivity index (χ3v) is 5.88. The molecule has 1 unspecified atom stereocenters. The van der Waals surface area contributed by atoms with Crippen molar-refractivity contribution in [3.05, 3.63) is 51.7 Å². The molecular weight excluding hydrogens is 382 g/mol. The number of fused-ring (bicyclic) bond motifs is 2. The summed E-state index contributed by atoms with van der Waals surface area (Å²) in [4.78, 5) is 12.9. The summed E-state index contributed by atoms with van der Waals surface area (Å²) in [5, 5.41) is 11.6. The first kappa shape index (κ1) is 21.6. The van der Waals surface area contributed by atoms with E-state index in [1.807, 2.05) is 65.3 Å². The van der Waals surface area contributed by atoms with Crippen LogP contribution in [-0.2, 0) is 0 Å². The fourth-order valence-corrected chi connectivity index (χ4v) is 4.39. The van der Waals surface area contributed by atoms with E-state index in [9.17, 15) is 9.90 Å². The summed E-state index contributed by atoms with van der Waals surface area (Å²) in [5.41, 5.74) is 2.11. The van der Waals surface area contributed by atoms with E-state index >= 15 is 0 Å². The summed E-state index contributed by atoms with van der Waals surface area (Å²) in [6.07, 6.45) is -0.559. The molecule has 2 aromatic carbocycles. The van der Waals surface area contributed by atoms with E-state index in [2.05, 4.69) is 0 Å². The van der Waals surface area contributed by atoms with Crippen LogP contribution < -0.4 is 10.2 Å². The van der Waals surface area contributed by atoms with Crippen molar-refractivity contribution < 1.29 is 14.3 Å². The van der Waals surface area contributed by atoms with Crippen molar-refractivity contribution in [2.75, 3.05) is 34.3 Å². The third-order valence-electron chi connectivity index (χ3n) is 4.57. The standard InChI is InChI=1S/C21H26NO3S.ClH/c1-13-14(2)21-17(20(24)16-8-6-7-9-19(16)26-21)10-18(13)25-12-15(23)11-22(3,4)5;/h6-10,15,23H,11-12H2,1-5H3;1H/q+1;.